The average Bonchev–Trinajstić information content (AvgIpc) is 2.74. The summed E-state index contributed by atoms with van der Waals surface area (Å²) in [5, 5.41) is 4.53. The highest BCUT2D eigenvalue weighted by Crippen LogP contribution is 2.26. The third kappa shape index (κ3) is 2.49. The first kappa shape index (κ1) is 11.7. The van der Waals surface area contributed by atoms with Crippen molar-refractivity contribution in [1.82, 2.24) is 15.1 Å². The van der Waals surface area contributed by atoms with Gasteiger partial charge in [-0.05, 0) is 17.8 Å². The first-order valence-corrected chi connectivity index (χ1v) is 5.04. The van der Waals surface area contributed by atoms with Crippen LogP contribution in [0.3, 0.4) is 0 Å². The lowest BCUT2D eigenvalue weighted by molar-refractivity contribution is -0.212. The number of carbonyl (C=O) groups excluding carboxylic acids is 2. The molecule has 0 atom stereocenters. The van der Waals surface area contributed by atoms with Crippen molar-refractivity contribution in [2.75, 3.05) is 0 Å². The molecule has 1 saturated heterocycles. The van der Waals surface area contributed by atoms with E-state index in [1.165, 1.54) is 6.08 Å². The van der Waals surface area contributed by atoms with Gasteiger partial charge in [-0.25, -0.2) is 0 Å². The van der Waals surface area contributed by atoms with Crippen LogP contribution in [-0.2, 0) is 11.1 Å². The van der Waals surface area contributed by atoms with Crippen LogP contribution in [0.5, 0.6) is 0 Å². The molecule has 90 valence electrons. The Balaban J connectivity index is 2.25. The van der Waals surface area contributed by atoms with Crippen molar-refractivity contribution in [3.8, 4) is 0 Å². The Hall–Kier alpha value is -1.77. The van der Waals surface area contributed by atoms with Crippen LogP contribution in [0.15, 0.2) is 17.3 Å². The summed E-state index contributed by atoms with van der Waals surface area (Å²) in [6.45, 7) is 0. The summed E-state index contributed by atoms with van der Waals surface area (Å²) in [4.78, 5) is 22.0. The molecule has 9 heteroatoms. The van der Waals surface area contributed by atoms with E-state index in [0.717, 1.165) is 12.4 Å². The number of hydrogen-bond donors (Lipinski definition) is 1. The van der Waals surface area contributed by atoms with Crippen molar-refractivity contribution in [2.45, 2.75) is 6.30 Å². The lowest BCUT2D eigenvalue weighted by atomic mass is 10.3. The van der Waals surface area contributed by atoms with Gasteiger partial charge < -0.3 is 0 Å². The highest BCUT2D eigenvalue weighted by molar-refractivity contribution is 8.18. The first-order chi connectivity index (χ1) is 7.86. The van der Waals surface area contributed by atoms with Crippen molar-refractivity contribution >= 4 is 29.0 Å². The third-order valence-corrected chi connectivity index (χ3v) is 2.61. The number of thioether (sulfide) groups is 1. The standard InChI is InChI=1S/C8H4F3N3O2S/c9-8(10,11)14-3-4(2-12-14)1-5-6(15)13-7(16)17-5/h1-3H,(H,13,15,16)/b5-1+. The Kier molecular flexibility index (Phi) is 2.69. The van der Waals surface area contributed by atoms with Crippen LogP contribution in [0, 0.1) is 0 Å². The number of aromatic nitrogens is 2. The predicted molar refractivity (Wildman–Crippen MR) is 52.6 cm³/mol. The Morgan fingerprint density at radius 2 is 2.12 bits per heavy atom. The van der Waals surface area contributed by atoms with E-state index < -0.39 is 17.4 Å². The Labute approximate surface area is 96.7 Å². The smallest absolute Gasteiger partial charge is 0.282 e. The average molecular weight is 263 g/mol. The number of carbonyl (C=O) groups is 2. The molecule has 2 heterocycles. The monoisotopic (exact) mass is 263 g/mol. The minimum atomic E-state index is -4.60. The zero-order chi connectivity index (χ0) is 12.6. The van der Waals surface area contributed by atoms with Gasteiger partial charge in [-0.3, -0.25) is 14.9 Å². The molecule has 5 nitrogen and oxygen atoms in total. The topological polar surface area (TPSA) is 64.0 Å². The van der Waals surface area contributed by atoms with Gasteiger partial charge in [0.1, 0.15) is 0 Å². The maximum atomic E-state index is 12.2. The second kappa shape index (κ2) is 3.91. The minimum absolute atomic E-state index is 0.0386. The van der Waals surface area contributed by atoms with E-state index in [1.54, 1.807) is 0 Å². The lowest BCUT2D eigenvalue weighted by Gasteiger charge is -2.03. The number of halogens is 3. The fourth-order valence-electron chi connectivity index (χ4n) is 1.12. The van der Waals surface area contributed by atoms with E-state index in [4.69, 9.17) is 0 Å². The summed E-state index contributed by atoms with van der Waals surface area (Å²) in [6.07, 6.45) is -1.75. The highest BCUT2D eigenvalue weighted by Gasteiger charge is 2.31. The molecule has 1 fully saturated rings. The molecule has 0 unspecified atom stereocenters. The molecule has 1 N–H and O–H groups in total. The molecule has 0 aromatic carbocycles. The van der Waals surface area contributed by atoms with Crippen LogP contribution in [0.1, 0.15) is 5.56 Å². The molecule has 1 aromatic rings. The van der Waals surface area contributed by atoms with Crippen LogP contribution in [0.25, 0.3) is 6.08 Å². The van der Waals surface area contributed by atoms with Gasteiger partial charge in [0.2, 0.25) is 0 Å². The predicted octanol–water partition coefficient (Wildman–Crippen LogP) is 1.68. The number of alkyl halides is 3. The van der Waals surface area contributed by atoms with Crippen molar-refractivity contribution in [2.24, 2.45) is 0 Å². The Bertz CT molecular complexity index is 520. The number of nitrogens with zero attached hydrogens (tertiary/aromatic N) is 2. The largest absolute Gasteiger partial charge is 0.504 e. The number of nitrogens with one attached hydrogen (secondary N) is 1. The van der Waals surface area contributed by atoms with Gasteiger partial charge in [0.05, 0.1) is 11.1 Å². The number of imide groups is 1. The molecule has 0 spiro atoms. The van der Waals surface area contributed by atoms with E-state index in [1.807, 2.05) is 5.32 Å². The summed E-state index contributed by atoms with van der Waals surface area (Å²) >= 11 is 0.628. The number of rotatable bonds is 1. The molecule has 1 aliphatic heterocycles. The van der Waals surface area contributed by atoms with Gasteiger partial charge in [-0.1, -0.05) is 0 Å². The van der Waals surface area contributed by atoms with Gasteiger partial charge >= 0.3 is 6.30 Å². The number of amides is 2. The molecule has 2 rings (SSSR count). The summed E-state index contributed by atoms with van der Waals surface area (Å²) in [5.74, 6) is -0.625. The van der Waals surface area contributed by atoms with E-state index >= 15 is 0 Å². The lowest BCUT2D eigenvalue weighted by Crippen LogP contribution is -2.17. The quantitative estimate of drug-likeness (QED) is 0.783. The van der Waals surface area contributed by atoms with Crippen LogP contribution < -0.4 is 5.32 Å². The van der Waals surface area contributed by atoms with Crippen molar-refractivity contribution < 1.29 is 22.8 Å². The first-order valence-electron chi connectivity index (χ1n) is 4.23. The van der Waals surface area contributed by atoms with Gasteiger partial charge in [-0.15, -0.1) is 13.2 Å². The Morgan fingerprint density at radius 3 is 2.59 bits per heavy atom. The second-order valence-corrected chi connectivity index (χ2v) is 4.05. The molecule has 2 amide bonds. The summed E-state index contributed by atoms with van der Waals surface area (Å²) in [6, 6.07) is 0. The van der Waals surface area contributed by atoms with Gasteiger partial charge in [0.25, 0.3) is 11.1 Å². The molecule has 0 saturated carbocycles. The van der Waals surface area contributed by atoms with Crippen molar-refractivity contribution in [3.63, 3.8) is 0 Å². The molecular weight excluding hydrogens is 259 g/mol. The maximum absolute atomic E-state index is 12.2. The normalized spacial score (nSPS) is 18.9. The third-order valence-electron chi connectivity index (χ3n) is 1.80. The summed E-state index contributed by atoms with van der Waals surface area (Å²) < 4.78 is 36.4. The van der Waals surface area contributed by atoms with E-state index in [-0.39, 0.29) is 15.2 Å². The molecule has 1 aliphatic rings. The van der Waals surface area contributed by atoms with Crippen LogP contribution >= 0.6 is 11.8 Å². The van der Waals surface area contributed by atoms with E-state index in [9.17, 15) is 22.8 Å². The highest BCUT2D eigenvalue weighted by atomic mass is 32.2. The van der Waals surface area contributed by atoms with Crippen molar-refractivity contribution in [3.05, 3.63) is 22.9 Å². The molecule has 17 heavy (non-hydrogen) atoms. The van der Waals surface area contributed by atoms with Crippen molar-refractivity contribution in [1.29, 1.82) is 0 Å². The van der Waals surface area contributed by atoms with Gasteiger partial charge in [-0.2, -0.15) is 9.78 Å². The van der Waals surface area contributed by atoms with Gasteiger partial charge in [0.15, 0.2) is 0 Å². The number of hydrogen-bond acceptors (Lipinski definition) is 4. The minimum Gasteiger partial charge on any atom is -0.282 e. The fraction of sp³-hybridized carbons (Fsp3) is 0.125. The van der Waals surface area contributed by atoms with Crippen LogP contribution in [-0.4, -0.2) is 20.9 Å². The van der Waals surface area contributed by atoms with E-state index in [2.05, 4.69) is 5.10 Å². The molecular formula is C8H4F3N3O2S. The van der Waals surface area contributed by atoms with Crippen LogP contribution in [0.4, 0.5) is 18.0 Å². The SMILES string of the molecule is O=C1NC(=O)/C(=C\c2cnn(C(F)(F)F)c2)S1. The maximum Gasteiger partial charge on any atom is 0.504 e. The molecule has 1 aromatic heterocycles. The summed E-state index contributed by atoms with van der Waals surface area (Å²) in [7, 11) is 0. The summed E-state index contributed by atoms with van der Waals surface area (Å²) in [5.41, 5.74) is 0.0923. The van der Waals surface area contributed by atoms with E-state index in [0.29, 0.717) is 11.8 Å². The fourth-order valence-corrected chi connectivity index (χ4v) is 1.80. The van der Waals surface area contributed by atoms with Gasteiger partial charge in [0, 0.05) is 11.8 Å². The van der Waals surface area contributed by atoms with Crippen LogP contribution in [0.2, 0.25) is 0 Å². The second-order valence-electron chi connectivity index (χ2n) is 3.04. The molecule has 0 radical (unpaired) electrons. The molecule has 0 bridgehead atoms. The zero-order valence-electron chi connectivity index (χ0n) is 7.99. The zero-order valence-corrected chi connectivity index (χ0v) is 8.80. The molecule has 0 aliphatic carbocycles. The Morgan fingerprint density at radius 1 is 1.41 bits per heavy atom.